The number of hydrogen-bond acceptors (Lipinski definition) is 3. The second-order valence-electron chi connectivity index (χ2n) is 5.32. The van der Waals surface area contributed by atoms with Gasteiger partial charge in [-0.15, -0.1) is 0 Å². The van der Waals surface area contributed by atoms with Crippen LogP contribution in [-0.4, -0.2) is 17.3 Å². The second-order valence-corrected chi connectivity index (χ2v) is 5.32. The zero-order valence-electron chi connectivity index (χ0n) is 12.8. The van der Waals surface area contributed by atoms with E-state index in [0.29, 0.717) is 16.9 Å². The summed E-state index contributed by atoms with van der Waals surface area (Å²) in [5, 5.41) is 21.2. The van der Waals surface area contributed by atoms with Crippen molar-refractivity contribution < 1.29 is 14.9 Å². The van der Waals surface area contributed by atoms with Gasteiger partial charge in [-0.3, -0.25) is 0 Å². The molecule has 0 fully saturated rings. The molecule has 1 unspecified atom stereocenters. The van der Waals surface area contributed by atoms with E-state index in [-0.39, 0.29) is 5.75 Å². The molecule has 0 aliphatic rings. The van der Waals surface area contributed by atoms with Gasteiger partial charge in [0, 0.05) is 5.56 Å². The molecule has 0 aromatic heterocycles. The number of phenolic OH excluding ortho intramolecular Hbond substituents is 1. The summed E-state index contributed by atoms with van der Waals surface area (Å²) in [4.78, 5) is 0. The first-order chi connectivity index (χ1) is 11.2. The molecule has 0 aliphatic heterocycles. The number of hydrogen-bond donors (Lipinski definition) is 2. The fourth-order valence-electron chi connectivity index (χ4n) is 2.80. The summed E-state index contributed by atoms with van der Waals surface area (Å²) in [5.41, 5.74) is 0.669. The van der Waals surface area contributed by atoms with Crippen molar-refractivity contribution in [3.05, 3.63) is 95.6 Å². The van der Waals surface area contributed by atoms with Crippen molar-refractivity contribution in [3.63, 3.8) is 0 Å². The molecule has 1 atom stereocenters. The van der Waals surface area contributed by atoms with E-state index in [4.69, 9.17) is 4.74 Å². The zero-order chi connectivity index (χ0) is 16.3. The molecule has 3 aromatic carbocycles. The van der Waals surface area contributed by atoms with Gasteiger partial charge in [0.05, 0.1) is 7.11 Å². The third-order valence-corrected chi connectivity index (χ3v) is 3.97. The maximum absolute atomic E-state index is 11.7. The highest BCUT2D eigenvalue weighted by molar-refractivity contribution is 5.52. The van der Waals surface area contributed by atoms with E-state index in [2.05, 4.69) is 0 Å². The number of aliphatic hydroxyl groups is 1. The quantitative estimate of drug-likeness (QED) is 0.723. The normalized spacial score (nSPS) is 13.3. The van der Waals surface area contributed by atoms with E-state index >= 15 is 0 Å². The molecule has 116 valence electrons. The van der Waals surface area contributed by atoms with Crippen LogP contribution in [0.4, 0.5) is 0 Å². The van der Waals surface area contributed by atoms with Crippen LogP contribution >= 0.6 is 0 Å². The average Bonchev–Trinajstić information content (AvgIpc) is 2.62. The molecule has 23 heavy (non-hydrogen) atoms. The summed E-state index contributed by atoms with van der Waals surface area (Å²) in [6.07, 6.45) is 0. The van der Waals surface area contributed by atoms with Crippen LogP contribution in [-0.2, 0) is 5.60 Å². The molecule has 3 rings (SSSR count). The molecule has 0 bridgehead atoms. The molecule has 0 saturated carbocycles. The van der Waals surface area contributed by atoms with Crippen molar-refractivity contribution in [2.75, 3.05) is 7.11 Å². The molecule has 0 saturated heterocycles. The molecule has 3 heteroatoms. The summed E-state index contributed by atoms with van der Waals surface area (Å²) >= 11 is 0. The Balaban J connectivity index is 2.28. The molecule has 3 aromatic rings. The van der Waals surface area contributed by atoms with E-state index in [0.717, 1.165) is 5.56 Å². The number of methoxy groups -OCH3 is 1. The summed E-state index contributed by atoms with van der Waals surface area (Å²) in [6.45, 7) is 0. The summed E-state index contributed by atoms with van der Waals surface area (Å²) in [5.74, 6) is 0.760. The molecule has 0 heterocycles. The average molecular weight is 306 g/mol. The van der Waals surface area contributed by atoms with Crippen LogP contribution in [0.1, 0.15) is 16.7 Å². The van der Waals surface area contributed by atoms with Crippen LogP contribution in [0.25, 0.3) is 0 Å². The number of ether oxygens (including phenoxy) is 1. The van der Waals surface area contributed by atoms with Gasteiger partial charge in [0.2, 0.25) is 0 Å². The van der Waals surface area contributed by atoms with Crippen molar-refractivity contribution in [1.29, 1.82) is 0 Å². The minimum atomic E-state index is -1.37. The van der Waals surface area contributed by atoms with Crippen molar-refractivity contribution >= 4 is 0 Å². The van der Waals surface area contributed by atoms with Gasteiger partial charge in [-0.2, -0.15) is 0 Å². The van der Waals surface area contributed by atoms with Crippen LogP contribution in [0.15, 0.2) is 78.9 Å². The van der Waals surface area contributed by atoms with Gasteiger partial charge in [0.1, 0.15) is 17.1 Å². The van der Waals surface area contributed by atoms with E-state index in [1.165, 1.54) is 0 Å². The molecule has 2 N–H and O–H groups in total. The Morgan fingerprint density at radius 3 is 1.96 bits per heavy atom. The minimum absolute atomic E-state index is 0.157. The lowest BCUT2D eigenvalue weighted by atomic mass is 9.80. The highest BCUT2D eigenvalue weighted by atomic mass is 16.5. The van der Waals surface area contributed by atoms with Crippen LogP contribution < -0.4 is 4.74 Å². The van der Waals surface area contributed by atoms with E-state index < -0.39 is 5.60 Å². The topological polar surface area (TPSA) is 49.7 Å². The molecule has 0 aliphatic carbocycles. The largest absolute Gasteiger partial charge is 0.508 e. The van der Waals surface area contributed by atoms with Crippen LogP contribution in [0.5, 0.6) is 11.5 Å². The van der Waals surface area contributed by atoms with E-state index in [1.54, 1.807) is 31.4 Å². The Kier molecular flexibility index (Phi) is 4.04. The van der Waals surface area contributed by atoms with Gasteiger partial charge >= 0.3 is 0 Å². The first-order valence-electron chi connectivity index (χ1n) is 7.37. The number of aromatic hydroxyl groups is 1. The summed E-state index contributed by atoms with van der Waals surface area (Å²) < 4.78 is 5.45. The molecule has 3 nitrogen and oxygen atoms in total. The van der Waals surface area contributed by atoms with Crippen LogP contribution in [0.3, 0.4) is 0 Å². The van der Waals surface area contributed by atoms with E-state index in [9.17, 15) is 10.2 Å². The third-order valence-electron chi connectivity index (χ3n) is 3.97. The third kappa shape index (κ3) is 2.67. The molecular formula is C20H18O3. The molecule has 0 amide bonds. The lowest BCUT2D eigenvalue weighted by Gasteiger charge is -2.31. The second kappa shape index (κ2) is 6.15. The first kappa shape index (κ1) is 15.1. The van der Waals surface area contributed by atoms with Crippen molar-refractivity contribution in [2.45, 2.75) is 5.60 Å². The Morgan fingerprint density at radius 1 is 0.739 bits per heavy atom. The van der Waals surface area contributed by atoms with Gasteiger partial charge < -0.3 is 14.9 Å². The Bertz CT molecular complexity index is 781. The van der Waals surface area contributed by atoms with Crippen LogP contribution in [0.2, 0.25) is 0 Å². The van der Waals surface area contributed by atoms with Gasteiger partial charge in [-0.1, -0.05) is 60.7 Å². The van der Waals surface area contributed by atoms with Crippen molar-refractivity contribution in [3.8, 4) is 11.5 Å². The number of phenols is 1. The number of rotatable bonds is 4. The Morgan fingerprint density at radius 2 is 1.30 bits per heavy atom. The molecular weight excluding hydrogens is 288 g/mol. The van der Waals surface area contributed by atoms with Gasteiger partial charge in [-0.05, 0) is 29.3 Å². The standard InChI is InChI=1S/C20H18O3/c1-23-19-10-6-5-9-18(19)20(22,15-7-3-2-4-8-15)16-11-13-17(21)14-12-16/h2-14,21-22H,1H3. The number of para-hydroxylation sites is 1. The van der Waals surface area contributed by atoms with Crippen molar-refractivity contribution in [1.82, 2.24) is 0 Å². The Hall–Kier alpha value is -2.78. The predicted molar refractivity (Wildman–Crippen MR) is 89.6 cm³/mol. The fraction of sp³-hybridized carbons (Fsp3) is 0.100. The number of benzene rings is 3. The zero-order valence-corrected chi connectivity index (χ0v) is 12.8. The van der Waals surface area contributed by atoms with Crippen LogP contribution in [0, 0.1) is 0 Å². The van der Waals surface area contributed by atoms with Gasteiger partial charge in [-0.25, -0.2) is 0 Å². The summed E-state index contributed by atoms with van der Waals surface area (Å²) in [7, 11) is 1.58. The summed E-state index contributed by atoms with van der Waals surface area (Å²) in [6, 6.07) is 23.4. The first-order valence-corrected chi connectivity index (χ1v) is 7.37. The maximum atomic E-state index is 11.7. The fourth-order valence-corrected chi connectivity index (χ4v) is 2.80. The molecule has 0 radical (unpaired) electrons. The van der Waals surface area contributed by atoms with Gasteiger partial charge in [0.25, 0.3) is 0 Å². The SMILES string of the molecule is COc1ccccc1C(O)(c1ccccc1)c1ccc(O)cc1. The predicted octanol–water partition coefficient (Wildman–Crippen LogP) is 3.69. The van der Waals surface area contributed by atoms with Crippen molar-refractivity contribution in [2.24, 2.45) is 0 Å². The maximum Gasteiger partial charge on any atom is 0.144 e. The highest BCUT2D eigenvalue weighted by Gasteiger charge is 2.36. The van der Waals surface area contributed by atoms with E-state index in [1.807, 2.05) is 54.6 Å². The lowest BCUT2D eigenvalue weighted by Crippen LogP contribution is -2.29. The lowest BCUT2D eigenvalue weighted by molar-refractivity contribution is 0.122. The Labute approximate surface area is 135 Å². The highest BCUT2D eigenvalue weighted by Crippen LogP contribution is 2.41. The van der Waals surface area contributed by atoms with Gasteiger partial charge in [0.15, 0.2) is 0 Å². The minimum Gasteiger partial charge on any atom is -0.508 e. The monoisotopic (exact) mass is 306 g/mol. The smallest absolute Gasteiger partial charge is 0.144 e. The molecule has 0 spiro atoms.